The SMILES string of the molecule is COC(=O)c1ccc(COC(=O)C=Cc2ccc(Cl)cc2Cl)cc1. The molecule has 6 heteroatoms. The van der Waals surface area contributed by atoms with Crippen LogP contribution in [0.1, 0.15) is 21.5 Å². The first-order chi connectivity index (χ1) is 11.5. The van der Waals surface area contributed by atoms with Crippen molar-refractivity contribution in [2.75, 3.05) is 7.11 Å². The van der Waals surface area contributed by atoms with Crippen LogP contribution in [0.2, 0.25) is 10.0 Å². The monoisotopic (exact) mass is 364 g/mol. The quantitative estimate of drug-likeness (QED) is 0.577. The first kappa shape index (κ1) is 18.0. The molecule has 2 aromatic carbocycles. The third-order valence-electron chi connectivity index (χ3n) is 3.12. The van der Waals surface area contributed by atoms with Gasteiger partial charge in [0, 0.05) is 16.1 Å². The minimum Gasteiger partial charge on any atom is -0.465 e. The van der Waals surface area contributed by atoms with Gasteiger partial charge in [0.25, 0.3) is 0 Å². The van der Waals surface area contributed by atoms with Crippen LogP contribution in [0, 0.1) is 0 Å². The molecular weight excluding hydrogens is 351 g/mol. The Balaban J connectivity index is 1.91. The predicted molar refractivity (Wildman–Crippen MR) is 93.1 cm³/mol. The van der Waals surface area contributed by atoms with E-state index >= 15 is 0 Å². The first-order valence-corrected chi connectivity index (χ1v) is 7.72. The molecule has 2 rings (SSSR count). The van der Waals surface area contributed by atoms with Crippen molar-refractivity contribution in [3.8, 4) is 0 Å². The summed E-state index contributed by atoms with van der Waals surface area (Å²) in [5, 5.41) is 0.972. The summed E-state index contributed by atoms with van der Waals surface area (Å²) in [6, 6.07) is 11.6. The fraction of sp³-hybridized carbons (Fsp3) is 0.111. The van der Waals surface area contributed by atoms with Gasteiger partial charge in [0.2, 0.25) is 0 Å². The molecule has 0 aliphatic carbocycles. The largest absolute Gasteiger partial charge is 0.465 e. The van der Waals surface area contributed by atoms with Crippen molar-refractivity contribution in [2.45, 2.75) is 6.61 Å². The highest BCUT2D eigenvalue weighted by Crippen LogP contribution is 2.22. The number of methoxy groups -OCH3 is 1. The fourth-order valence-corrected chi connectivity index (χ4v) is 2.32. The smallest absolute Gasteiger partial charge is 0.337 e. The van der Waals surface area contributed by atoms with Crippen molar-refractivity contribution in [2.24, 2.45) is 0 Å². The van der Waals surface area contributed by atoms with Crippen LogP contribution in [0.25, 0.3) is 6.08 Å². The van der Waals surface area contributed by atoms with Gasteiger partial charge in [-0.25, -0.2) is 9.59 Å². The molecule has 0 aromatic heterocycles. The van der Waals surface area contributed by atoms with E-state index in [1.54, 1.807) is 48.5 Å². The number of benzene rings is 2. The lowest BCUT2D eigenvalue weighted by Crippen LogP contribution is -2.03. The predicted octanol–water partition coefficient (Wildman–Crippen LogP) is 4.54. The van der Waals surface area contributed by atoms with Crippen molar-refractivity contribution in [3.63, 3.8) is 0 Å². The van der Waals surface area contributed by atoms with E-state index in [0.29, 0.717) is 21.2 Å². The Labute approximate surface area is 149 Å². The summed E-state index contributed by atoms with van der Waals surface area (Å²) in [6.45, 7) is 0.0962. The Morgan fingerprint density at radius 3 is 2.42 bits per heavy atom. The zero-order chi connectivity index (χ0) is 17.5. The second-order valence-electron chi connectivity index (χ2n) is 4.80. The van der Waals surface area contributed by atoms with Crippen LogP contribution in [0.5, 0.6) is 0 Å². The Bertz CT molecular complexity index is 767. The lowest BCUT2D eigenvalue weighted by Gasteiger charge is -2.04. The van der Waals surface area contributed by atoms with Crippen molar-refractivity contribution in [1.82, 2.24) is 0 Å². The fourth-order valence-electron chi connectivity index (χ4n) is 1.85. The maximum Gasteiger partial charge on any atom is 0.337 e. The number of hydrogen-bond acceptors (Lipinski definition) is 4. The van der Waals surface area contributed by atoms with E-state index in [4.69, 9.17) is 27.9 Å². The third kappa shape index (κ3) is 5.11. The molecule has 0 unspecified atom stereocenters. The summed E-state index contributed by atoms with van der Waals surface area (Å²) in [5.74, 6) is -0.917. The number of rotatable bonds is 5. The van der Waals surface area contributed by atoms with Gasteiger partial charge in [0.1, 0.15) is 6.61 Å². The van der Waals surface area contributed by atoms with E-state index in [1.807, 2.05) is 0 Å². The Morgan fingerprint density at radius 2 is 1.79 bits per heavy atom. The van der Waals surface area contributed by atoms with Crippen molar-refractivity contribution < 1.29 is 19.1 Å². The molecule has 4 nitrogen and oxygen atoms in total. The zero-order valence-electron chi connectivity index (χ0n) is 12.8. The molecule has 0 saturated heterocycles. The normalized spacial score (nSPS) is 10.6. The van der Waals surface area contributed by atoms with Crippen molar-refractivity contribution >= 4 is 41.2 Å². The van der Waals surface area contributed by atoms with Crippen LogP contribution in [-0.4, -0.2) is 19.0 Å². The molecule has 0 fully saturated rings. The molecule has 0 bridgehead atoms. The van der Waals surface area contributed by atoms with Crippen molar-refractivity contribution in [3.05, 3.63) is 75.3 Å². The van der Waals surface area contributed by atoms with Crippen LogP contribution in [0.4, 0.5) is 0 Å². The number of halogens is 2. The molecular formula is C18H14Cl2O4. The van der Waals surface area contributed by atoms with Gasteiger partial charge in [-0.1, -0.05) is 41.4 Å². The molecule has 0 radical (unpaired) electrons. The van der Waals surface area contributed by atoms with Gasteiger partial charge >= 0.3 is 11.9 Å². The maximum atomic E-state index is 11.7. The zero-order valence-corrected chi connectivity index (χ0v) is 14.3. The molecule has 0 aliphatic rings. The van der Waals surface area contributed by atoms with Crippen molar-refractivity contribution in [1.29, 1.82) is 0 Å². The highest BCUT2D eigenvalue weighted by molar-refractivity contribution is 6.35. The third-order valence-corrected chi connectivity index (χ3v) is 3.68. The van der Waals surface area contributed by atoms with Gasteiger partial charge in [-0.15, -0.1) is 0 Å². The maximum absolute atomic E-state index is 11.7. The first-order valence-electron chi connectivity index (χ1n) is 6.97. The summed E-state index contributed by atoms with van der Waals surface area (Å²) >= 11 is 11.8. The standard InChI is InChI=1S/C18H14Cl2O4/c1-23-18(22)14-4-2-12(3-5-14)11-24-17(21)9-7-13-6-8-15(19)10-16(13)20/h2-10H,11H2,1H3. The molecule has 2 aromatic rings. The molecule has 0 atom stereocenters. The average molecular weight is 365 g/mol. The molecule has 0 heterocycles. The second kappa shape index (κ2) is 8.52. The summed E-state index contributed by atoms with van der Waals surface area (Å²) < 4.78 is 9.74. The number of hydrogen-bond donors (Lipinski definition) is 0. The van der Waals surface area contributed by atoms with Crippen LogP contribution in [0.15, 0.2) is 48.5 Å². The molecule has 0 amide bonds. The lowest BCUT2D eigenvalue weighted by atomic mass is 10.1. The number of esters is 2. The average Bonchev–Trinajstić information content (AvgIpc) is 2.59. The van der Waals surface area contributed by atoms with E-state index in [-0.39, 0.29) is 6.61 Å². The van der Waals surface area contributed by atoms with Gasteiger partial charge in [-0.2, -0.15) is 0 Å². The summed E-state index contributed by atoms with van der Waals surface area (Å²) in [4.78, 5) is 23.1. The second-order valence-corrected chi connectivity index (χ2v) is 5.64. The Kier molecular flexibility index (Phi) is 6.41. The van der Waals surface area contributed by atoms with Gasteiger partial charge < -0.3 is 9.47 Å². The summed E-state index contributed by atoms with van der Waals surface area (Å²) in [7, 11) is 1.32. The van der Waals surface area contributed by atoms with Gasteiger partial charge in [0.05, 0.1) is 12.7 Å². The minimum atomic E-state index is -0.502. The molecule has 124 valence electrons. The van der Waals surface area contributed by atoms with E-state index in [1.165, 1.54) is 13.2 Å². The van der Waals surface area contributed by atoms with E-state index < -0.39 is 11.9 Å². The molecule has 0 N–H and O–H groups in total. The van der Waals surface area contributed by atoms with Crippen LogP contribution >= 0.6 is 23.2 Å². The summed E-state index contributed by atoms with van der Waals surface area (Å²) in [6.07, 6.45) is 2.85. The molecule has 24 heavy (non-hydrogen) atoms. The highest BCUT2D eigenvalue weighted by Gasteiger charge is 2.05. The van der Waals surface area contributed by atoms with E-state index in [2.05, 4.69) is 4.74 Å². The highest BCUT2D eigenvalue weighted by atomic mass is 35.5. The molecule has 0 aliphatic heterocycles. The minimum absolute atomic E-state index is 0.0962. The van der Waals surface area contributed by atoms with Crippen LogP contribution in [0.3, 0.4) is 0 Å². The molecule has 0 spiro atoms. The topological polar surface area (TPSA) is 52.6 Å². The van der Waals surface area contributed by atoms with Gasteiger partial charge in [0.15, 0.2) is 0 Å². The number of carbonyl (C=O) groups is 2. The number of carbonyl (C=O) groups excluding carboxylic acids is 2. The van der Waals surface area contributed by atoms with Gasteiger partial charge in [-0.05, 0) is 41.5 Å². The lowest BCUT2D eigenvalue weighted by molar-refractivity contribution is -0.138. The van der Waals surface area contributed by atoms with E-state index in [0.717, 1.165) is 5.56 Å². The Morgan fingerprint density at radius 1 is 1.08 bits per heavy atom. The number of ether oxygens (including phenoxy) is 2. The Hall–Kier alpha value is -2.30. The van der Waals surface area contributed by atoms with Crippen LogP contribution in [-0.2, 0) is 20.9 Å². The van der Waals surface area contributed by atoms with Gasteiger partial charge in [-0.3, -0.25) is 0 Å². The molecule has 0 saturated carbocycles. The summed E-state index contributed by atoms with van der Waals surface area (Å²) in [5.41, 5.74) is 1.86. The van der Waals surface area contributed by atoms with Crippen LogP contribution < -0.4 is 0 Å². The van der Waals surface area contributed by atoms with E-state index in [9.17, 15) is 9.59 Å².